The summed E-state index contributed by atoms with van der Waals surface area (Å²) in [5.74, 6) is 0.868. The van der Waals surface area contributed by atoms with Gasteiger partial charge >= 0.3 is 0 Å². The Hall–Kier alpha value is -2.57. The Morgan fingerprint density at radius 3 is 2.24 bits per heavy atom. The van der Waals surface area contributed by atoms with Crippen molar-refractivity contribution in [1.29, 1.82) is 0 Å². The standard InChI is InChI=1S/C19H24N6/c20-13-16-24(14-11-17-7-3-1-4-8-17)15-12-19-21-22-23-25(19)18-9-5-2-6-10-18/h1-10H,11-16,20H2. The molecule has 2 aromatic carbocycles. The number of nitrogens with zero attached hydrogens (tertiary/aromatic N) is 5. The summed E-state index contributed by atoms with van der Waals surface area (Å²) >= 11 is 0. The fourth-order valence-corrected chi connectivity index (χ4v) is 2.84. The minimum Gasteiger partial charge on any atom is -0.329 e. The van der Waals surface area contributed by atoms with Crippen LogP contribution >= 0.6 is 0 Å². The molecule has 3 aromatic rings. The summed E-state index contributed by atoms with van der Waals surface area (Å²) in [7, 11) is 0. The van der Waals surface area contributed by atoms with Crippen LogP contribution in [0.4, 0.5) is 0 Å². The first kappa shape index (κ1) is 17.3. The second kappa shape index (κ2) is 9.05. The van der Waals surface area contributed by atoms with Gasteiger partial charge in [-0.1, -0.05) is 48.5 Å². The second-order valence-electron chi connectivity index (χ2n) is 5.96. The molecule has 0 saturated heterocycles. The molecule has 25 heavy (non-hydrogen) atoms. The van der Waals surface area contributed by atoms with E-state index in [1.54, 1.807) is 4.68 Å². The molecule has 0 amide bonds. The van der Waals surface area contributed by atoms with Gasteiger partial charge in [-0.25, -0.2) is 0 Å². The maximum absolute atomic E-state index is 5.78. The third kappa shape index (κ3) is 4.95. The fourth-order valence-electron chi connectivity index (χ4n) is 2.84. The molecule has 0 radical (unpaired) electrons. The van der Waals surface area contributed by atoms with E-state index in [0.717, 1.165) is 44.0 Å². The third-order valence-corrected chi connectivity index (χ3v) is 4.19. The lowest BCUT2D eigenvalue weighted by molar-refractivity contribution is 0.285. The lowest BCUT2D eigenvalue weighted by Gasteiger charge is -2.21. The van der Waals surface area contributed by atoms with E-state index in [9.17, 15) is 0 Å². The summed E-state index contributed by atoms with van der Waals surface area (Å²) in [5, 5.41) is 12.1. The maximum Gasteiger partial charge on any atom is 0.157 e. The van der Waals surface area contributed by atoms with Gasteiger partial charge in [-0.05, 0) is 34.5 Å². The average Bonchev–Trinajstić information content (AvgIpc) is 3.14. The lowest BCUT2D eigenvalue weighted by atomic mass is 10.1. The van der Waals surface area contributed by atoms with Crippen LogP contribution in [0.2, 0.25) is 0 Å². The van der Waals surface area contributed by atoms with E-state index >= 15 is 0 Å². The molecule has 0 atom stereocenters. The van der Waals surface area contributed by atoms with Crippen LogP contribution in [0, 0.1) is 0 Å². The first-order valence-corrected chi connectivity index (χ1v) is 8.66. The van der Waals surface area contributed by atoms with Crippen molar-refractivity contribution in [2.75, 3.05) is 26.2 Å². The van der Waals surface area contributed by atoms with Crippen molar-refractivity contribution < 1.29 is 0 Å². The van der Waals surface area contributed by atoms with Crippen molar-refractivity contribution in [3.8, 4) is 5.69 Å². The van der Waals surface area contributed by atoms with E-state index in [4.69, 9.17) is 5.73 Å². The molecule has 1 heterocycles. The van der Waals surface area contributed by atoms with Gasteiger partial charge in [-0.3, -0.25) is 0 Å². The van der Waals surface area contributed by atoms with Gasteiger partial charge in [0.05, 0.1) is 5.69 Å². The monoisotopic (exact) mass is 336 g/mol. The van der Waals surface area contributed by atoms with Crippen LogP contribution in [-0.2, 0) is 12.8 Å². The van der Waals surface area contributed by atoms with Crippen molar-refractivity contribution in [3.63, 3.8) is 0 Å². The molecule has 3 rings (SSSR count). The van der Waals surface area contributed by atoms with E-state index < -0.39 is 0 Å². The summed E-state index contributed by atoms with van der Waals surface area (Å²) in [4.78, 5) is 2.37. The fraction of sp³-hybridized carbons (Fsp3) is 0.316. The molecule has 6 nitrogen and oxygen atoms in total. The second-order valence-corrected chi connectivity index (χ2v) is 5.96. The zero-order chi connectivity index (χ0) is 17.3. The Bertz CT molecular complexity index is 741. The van der Waals surface area contributed by atoms with E-state index in [1.807, 2.05) is 36.4 Å². The number of hydrogen-bond donors (Lipinski definition) is 1. The molecular formula is C19H24N6. The minimum absolute atomic E-state index is 0.651. The normalized spacial score (nSPS) is 11.1. The summed E-state index contributed by atoms with van der Waals surface area (Å²) < 4.78 is 1.80. The van der Waals surface area contributed by atoms with E-state index in [0.29, 0.717) is 6.54 Å². The van der Waals surface area contributed by atoms with Gasteiger partial charge in [0.1, 0.15) is 0 Å². The summed E-state index contributed by atoms with van der Waals surface area (Å²) in [6.45, 7) is 3.39. The highest BCUT2D eigenvalue weighted by atomic mass is 15.5. The smallest absolute Gasteiger partial charge is 0.157 e. The maximum atomic E-state index is 5.78. The van der Waals surface area contributed by atoms with Crippen molar-refractivity contribution in [3.05, 3.63) is 72.1 Å². The van der Waals surface area contributed by atoms with Crippen molar-refractivity contribution in [1.82, 2.24) is 25.1 Å². The highest BCUT2D eigenvalue weighted by molar-refractivity contribution is 5.30. The zero-order valence-electron chi connectivity index (χ0n) is 14.3. The van der Waals surface area contributed by atoms with Gasteiger partial charge in [-0.15, -0.1) is 5.10 Å². The summed E-state index contributed by atoms with van der Waals surface area (Å²) in [6.07, 6.45) is 1.81. The highest BCUT2D eigenvalue weighted by Gasteiger charge is 2.11. The predicted molar refractivity (Wildman–Crippen MR) is 98.5 cm³/mol. The average molecular weight is 336 g/mol. The van der Waals surface area contributed by atoms with Crippen LogP contribution in [0.15, 0.2) is 60.7 Å². The Balaban J connectivity index is 1.59. The first-order valence-electron chi connectivity index (χ1n) is 8.66. The Kier molecular flexibility index (Phi) is 6.25. The summed E-state index contributed by atoms with van der Waals surface area (Å²) in [5.41, 5.74) is 8.11. The van der Waals surface area contributed by atoms with Crippen LogP contribution in [0.3, 0.4) is 0 Å². The number of benzene rings is 2. The van der Waals surface area contributed by atoms with Gasteiger partial charge in [0.15, 0.2) is 5.82 Å². The predicted octanol–water partition coefficient (Wildman–Crippen LogP) is 1.71. The number of hydrogen-bond acceptors (Lipinski definition) is 5. The molecule has 2 N–H and O–H groups in total. The van der Waals surface area contributed by atoms with Crippen molar-refractivity contribution >= 4 is 0 Å². The van der Waals surface area contributed by atoms with Gasteiger partial charge in [0, 0.05) is 32.6 Å². The van der Waals surface area contributed by atoms with Crippen LogP contribution in [-0.4, -0.2) is 51.3 Å². The third-order valence-electron chi connectivity index (χ3n) is 4.19. The first-order chi connectivity index (χ1) is 12.4. The Morgan fingerprint density at radius 2 is 1.52 bits per heavy atom. The summed E-state index contributed by atoms with van der Waals surface area (Å²) in [6, 6.07) is 20.5. The molecule has 0 aliphatic heterocycles. The molecule has 0 fully saturated rings. The quantitative estimate of drug-likeness (QED) is 0.644. The SMILES string of the molecule is NCCN(CCc1ccccc1)CCc1nnnn1-c1ccccc1. The van der Waals surface area contributed by atoms with E-state index in [-0.39, 0.29) is 0 Å². The number of para-hydroxylation sites is 1. The molecule has 6 heteroatoms. The van der Waals surface area contributed by atoms with Gasteiger partial charge < -0.3 is 10.6 Å². The van der Waals surface area contributed by atoms with Gasteiger partial charge in [0.25, 0.3) is 0 Å². The molecule has 1 aromatic heterocycles. The molecule has 0 aliphatic rings. The van der Waals surface area contributed by atoms with E-state index in [1.165, 1.54) is 5.56 Å². The molecule has 0 saturated carbocycles. The Labute approximate surface area is 148 Å². The van der Waals surface area contributed by atoms with Crippen LogP contribution in [0.5, 0.6) is 0 Å². The number of tetrazole rings is 1. The van der Waals surface area contributed by atoms with Crippen LogP contribution < -0.4 is 5.73 Å². The van der Waals surface area contributed by atoms with Gasteiger partial charge in [-0.2, -0.15) is 4.68 Å². The largest absolute Gasteiger partial charge is 0.329 e. The molecule has 0 aliphatic carbocycles. The molecular weight excluding hydrogens is 312 g/mol. The topological polar surface area (TPSA) is 72.9 Å². The van der Waals surface area contributed by atoms with Crippen molar-refractivity contribution in [2.24, 2.45) is 5.73 Å². The van der Waals surface area contributed by atoms with Gasteiger partial charge in [0.2, 0.25) is 0 Å². The molecule has 0 spiro atoms. The van der Waals surface area contributed by atoms with Crippen molar-refractivity contribution in [2.45, 2.75) is 12.8 Å². The highest BCUT2D eigenvalue weighted by Crippen LogP contribution is 2.08. The van der Waals surface area contributed by atoms with Crippen LogP contribution in [0.1, 0.15) is 11.4 Å². The van der Waals surface area contributed by atoms with E-state index in [2.05, 4.69) is 44.7 Å². The van der Waals surface area contributed by atoms with Crippen LogP contribution in [0.25, 0.3) is 5.69 Å². The molecule has 0 unspecified atom stereocenters. The Morgan fingerprint density at radius 1 is 0.840 bits per heavy atom. The number of rotatable bonds is 9. The molecule has 0 bridgehead atoms. The minimum atomic E-state index is 0.651. The zero-order valence-corrected chi connectivity index (χ0v) is 14.3. The number of aromatic nitrogens is 4. The molecule has 130 valence electrons. The lowest BCUT2D eigenvalue weighted by Crippen LogP contribution is -2.33. The number of nitrogens with two attached hydrogens (primary N) is 1.